The fraction of sp³-hybridized carbons (Fsp3) is 0.346. The van der Waals surface area contributed by atoms with Crippen molar-refractivity contribution in [1.82, 2.24) is 15.2 Å². The highest BCUT2D eigenvalue weighted by Crippen LogP contribution is 2.31. The van der Waals surface area contributed by atoms with Crippen LogP contribution in [0.15, 0.2) is 41.7 Å². The van der Waals surface area contributed by atoms with Crippen LogP contribution in [0.25, 0.3) is 0 Å². The van der Waals surface area contributed by atoms with E-state index in [0.29, 0.717) is 11.0 Å². The average Bonchev–Trinajstić information content (AvgIpc) is 2.87. The number of pyridine rings is 1. The van der Waals surface area contributed by atoms with Gasteiger partial charge < -0.3 is 26.5 Å². The molecule has 1 aromatic carbocycles. The number of hydrogen-bond acceptors (Lipinski definition) is 7. The number of carbonyl (C=O) groups is 3. The van der Waals surface area contributed by atoms with E-state index in [9.17, 15) is 36.3 Å². The molecule has 1 aliphatic rings. The summed E-state index contributed by atoms with van der Waals surface area (Å²) in [7, 11) is 0. The molecule has 2 aromatic rings. The third-order valence-corrected chi connectivity index (χ3v) is 6.79. The fourth-order valence-electron chi connectivity index (χ4n) is 4.52. The van der Waals surface area contributed by atoms with Crippen molar-refractivity contribution in [2.24, 2.45) is 5.92 Å². The van der Waals surface area contributed by atoms with E-state index < -0.39 is 71.8 Å². The molecule has 41 heavy (non-hydrogen) atoms. The summed E-state index contributed by atoms with van der Waals surface area (Å²) >= 11 is 6.04. The van der Waals surface area contributed by atoms with E-state index in [1.807, 2.05) is 0 Å². The number of halogens is 6. The lowest BCUT2D eigenvalue weighted by molar-refractivity contribution is -0.143. The van der Waals surface area contributed by atoms with Crippen LogP contribution in [0.2, 0.25) is 5.02 Å². The first-order chi connectivity index (χ1) is 19.2. The molecule has 1 aromatic heterocycles. The number of Topliss-reactive ketones (excluding diaryl/α,β-unsaturated/α-hetero) is 1. The van der Waals surface area contributed by atoms with Gasteiger partial charge in [-0.2, -0.15) is 13.2 Å². The van der Waals surface area contributed by atoms with E-state index in [2.05, 4.69) is 10.3 Å². The average molecular weight is 602 g/mol. The van der Waals surface area contributed by atoms with Crippen LogP contribution >= 0.6 is 11.6 Å². The number of alkyl halides is 3. The number of benzene rings is 1. The number of nitrogens with zero attached hydrogens (tertiary/aromatic N) is 2. The lowest BCUT2D eigenvalue weighted by Crippen LogP contribution is -2.43. The molecule has 0 bridgehead atoms. The van der Waals surface area contributed by atoms with Gasteiger partial charge in [0.05, 0.1) is 28.6 Å². The van der Waals surface area contributed by atoms with Gasteiger partial charge in [0.25, 0.3) is 5.91 Å². The first-order valence-electron chi connectivity index (χ1n) is 12.2. The highest BCUT2D eigenvalue weighted by molar-refractivity contribution is 6.34. The molecule has 1 amide bonds. The number of carbonyl (C=O) groups excluding carboxylic acids is 2. The van der Waals surface area contributed by atoms with Gasteiger partial charge in [-0.25, -0.2) is 13.8 Å². The van der Waals surface area contributed by atoms with Gasteiger partial charge in [0.2, 0.25) is 0 Å². The van der Waals surface area contributed by atoms with E-state index in [4.69, 9.17) is 27.9 Å². The Balaban J connectivity index is 2.02. The Kier molecular flexibility index (Phi) is 10.0. The Labute approximate surface area is 235 Å². The quantitative estimate of drug-likeness (QED) is 0.135. The molecule has 1 fully saturated rings. The van der Waals surface area contributed by atoms with Gasteiger partial charge in [-0.3, -0.25) is 14.4 Å². The van der Waals surface area contributed by atoms with E-state index in [1.54, 1.807) is 0 Å². The zero-order valence-corrected chi connectivity index (χ0v) is 22.0. The molecule has 0 radical (unpaired) electrons. The SMILES string of the molecule is N=C/C(C(=O)N(CC(=O)c1c(Cl)ccnc1N)Cc1cc(F)cc(F)c1)=C(\N[C@H]1CC[C@H](C(=O)O)CC1)C(F)(F)F. The van der Waals surface area contributed by atoms with E-state index in [1.165, 1.54) is 12.3 Å². The van der Waals surface area contributed by atoms with Gasteiger partial charge in [0.15, 0.2) is 5.78 Å². The summed E-state index contributed by atoms with van der Waals surface area (Å²) in [6.07, 6.45) is -3.48. The number of aliphatic carboxylic acids is 1. The number of anilines is 1. The Morgan fingerprint density at radius 1 is 1.15 bits per heavy atom. The second-order valence-corrected chi connectivity index (χ2v) is 9.78. The molecule has 3 rings (SSSR count). The number of nitrogen functional groups attached to an aromatic ring is 1. The number of nitrogens with one attached hydrogen (secondary N) is 2. The van der Waals surface area contributed by atoms with Crippen LogP contribution in [-0.4, -0.2) is 57.6 Å². The molecular weight excluding hydrogens is 577 g/mol. The summed E-state index contributed by atoms with van der Waals surface area (Å²) in [4.78, 5) is 42.2. The number of aromatic nitrogens is 1. The number of rotatable bonds is 10. The highest BCUT2D eigenvalue weighted by Gasteiger charge is 2.41. The van der Waals surface area contributed by atoms with Crippen molar-refractivity contribution in [2.45, 2.75) is 44.4 Å². The number of ketones is 1. The molecular formula is C26H25ClF5N5O4. The molecule has 15 heteroatoms. The Bertz CT molecular complexity index is 1340. The van der Waals surface area contributed by atoms with Crippen LogP contribution in [0.3, 0.4) is 0 Å². The largest absolute Gasteiger partial charge is 0.481 e. The van der Waals surface area contributed by atoms with Crippen molar-refractivity contribution >= 4 is 41.3 Å². The molecule has 0 aliphatic heterocycles. The summed E-state index contributed by atoms with van der Waals surface area (Å²) in [5.74, 6) is -6.53. The minimum atomic E-state index is -5.16. The van der Waals surface area contributed by atoms with Gasteiger partial charge in [-0.1, -0.05) is 11.6 Å². The van der Waals surface area contributed by atoms with E-state index in [0.717, 1.165) is 12.1 Å². The molecule has 1 saturated carbocycles. The molecule has 9 nitrogen and oxygen atoms in total. The fourth-order valence-corrected chi connectivity index (χ4v) is 4.77. The lowest BCUT2D eigenvalue weighted by Gasteiger charge is -2.30. The van der Waals surface area contributed by atoms with Crippen molar-refractivity contribution in [2.75, 3.05) is 12.3 Å². The van der Waals surface area contributed by atoms with Crippen LogP contribution in [0.5, 0.6) is 0 Å². The standard InChI is InChI=1S/C26H25ClF5N5O4/c27-19-5-6-35-23(34)21(19)20(38)12-37(11-13-7-15(28)9-16(29)8-13)24(39)18(10-33)22(26(30,31)32)36-17-3-1-14(2-4-17)25(40)41/h5-10,14,17,33,36H,1-4,11-12H2,(H2,34,35)(H,40,41)/b22-18+,33-10?/t14-,17-. The molecule has 1 aliphatic carbocycles. The van der Waals surface area contributed by atoms with Gasteiger partial charge in [0, 0.05) is 31.1 Å². The number of carboxylic acids is 1. The second kappa shape index (κ2) is 13.1. The summed E-state index contributed by atoms with van der Waals surface area (Å²) in [6, 6.07) is 2.58. The zero-order valence-electron chi connectivity index (χ0n) is 21.3. The maximum atomic E-state index is 14.2. The molecule has 0 atom stereocenters. The minimum Gasteiger partial charge on any atom is -0.481 e. The van der Waals surface area contributed by atoms with Crippen LogP contribution < -0.4 is 11.1 Å². The third kappa shape index (κ3) is 7.99. The second-order valence-electron chi connectivity index (χ2n) is 9.38. The van der Waals surface area contributed by atoms with Crippen molar-refractivity contribution in [3.63, 3.8) is 0 Å². The maximum absolute atomic E-state index is 14.2. The summed E-state index contributed by atoms with van der Waals surface area (Å²) in [5, 5.41) is 18.9. The topological polar surface area (TPSA) is 149 Å². The number of allylic oxidation sites excluding steroid dienone is 1. The predicted octanol–water partition coefficient (Wildman–Crippen LogP) is 4.51. The maximum Gasteiger partial charge on any atom is 0.431 e. The van der Waals surface area contributed by atoms with Crippen molar-refractivity contribution in [3.8, 4) is 0 Å². The molecule has 0 unspecified atom stereocenters. The van der Waals surface area contributed by atoms with Gasteiger partial charge in [0.1, 0.15) is 23.1 Å². The molecule has 0 spiro atoms. The van der Waals surface area contributed by atoms with Gasteiger partial charge in [-0.05, 0) is 49.4 Å². The number of carboxylic acid groups (broad SMARTS) is 1. The van der Waals surface area contributed by atoms with Crippen molar-refractivity contribution < 1.29 is 41.4 Å². The Morgan fingerprint density at radius 2 is 1.76 bits per heavy atom. The number of hydrogen-bond donors (Lipinski definition) is 4. The van der Waals surface area contributed by atoms with Crippen LogP contribution in [0.4, 0.5) is 27.8 Å². The summed E-state index contributed by atoms with van der Waals surface area (Å²) in [6.45, 7) is -1.65. The third-order valence-electron chi connectivity index (χ3n) is 6.48. The van der Waals surface area contributed by atoms with E-state index in [-0.39, 0.29) is 53.9 Å². The predicted molar refractivity (Wildman–Crippen MR) is 138 cm³/mol. The number of amides is 1. The zero-order chi connectivity index (χ0) is 30.5. The van der Waals surface area contributed by atoms with Crippen molar-refractivity contribution in [3.05, 3.63) is 69.5 Å². The molecule has 1 heterocycles. The van der Waals surface area contributed by atoms with Crippen LogP contribution in [0.1, 0.15) is 41.6 Å². The molecule has 0 saturated heterocycles. The highest BCUT2D eigenvalue weighted by atomic mass is 35.5. The Morgan fingerprint density at radius 3 is 2.27 bits per heavy atom. The first-order valence-corrected chi connectivity index (χ1v) is 12.6. The smallest absolute Gasteiger partial charge is 0.431 e. The normalized spacial score (nSPS) is 17.8. The monoisotopic (exact) mass is 601 g/mol. The van der Waals surface area contributed by atoms with Gasteiger partial charge in [-0.15, -0.1) is 0 Å². The molecule has 220 valence electrons. The summed E-state index contributed by atoms with van der Waals surface area (Å²) < 4.78 is 70.4. The number of nitrogens with two attached hydrogens (primary N) is 1. The van der Waals surface area contributed by atoms with Crippen LogP contribution in [-0.2, 0) is 16.1 Å². The van der Waals surface area contributed by atoms with Gasteiger partial charge >= 0.3 is 12.1 Å². The minimum absolute atomic E-state index is 0.0551. The van der Waals surface area contributed by atoms with Crippen LogP contribution in [0, 0.1) is 23.0 Å². The first kappa shape index (κ1) is 31.5. The van der Waals surface area contributed by atoms with E-state index >= 15 is 0 Å². The molecule has 5 N–H and O–H groups in total. The lowest BCUT2D eigenvalue weighted by atomic mass is 9.86. The Hall–Kier alpha value is -4.07. The van der Waals surface area contributed by atoms with Crippen molar-refractivity contribution in [1.29, 1.82) is 5.41 Å². The summed E-state index contributed by atoms with van der Waals surface area (Å²) in [5.41, 5.74) is 2.48.